The number of aryl methyl sites for hydroxylation is 1. The van der Waals surface area contributed by atoms with Crippen molar-refractivity contribution in [2.75, 3.05) is 10.2 Å². The zero-order valence-electron chi connectivity index (χ0n) is 18.1. The molecule has 164 valence electrons. The number of benzene rings is 1. The average molecular weight is 449 g/mol. The van der Waals surface area contributed by atoms with Crippen LogP contribution in [0, 0.1) is 11.3 Å². The Hall–Kier alpha value is -3.37. The molecule has 0 spiro atoms. The highest BCUT2D eigenvalue weighted by atomic mass is 35.5. The second kappa shape index (κ2) is 9.41. The molecule has 1 amide bonds. The molecule has 1 fully saturated rings. The van der Waals surface area contributed by atoms with Gasteiger partial charge in [-0.15, -0.1) is 0 Å². The minimum atomic E-state index is 0.0142. The lowest BCUT2D eigenvalue weighted by atomic mass is 9.89. The van der Waals surface area contributed by atoms with E-state index in [4.69, 9.17) is 16.9 Å². The van der Waals surface area contributed by atoms with Crippen LogP contribution in [0.5, 0.6) is 0 Å². The minimum Gasteiger partial charge on any atom is -0.367 e. The smallest absolute Gasteiger partial charge is 0.224 e. The van der Waals surface area contributed by atoms with Crippen LogP contribution in [0.4, 0.5) is 11.5 Å². The Labute approximate surface area is 192 Å². The van der Waals surface area contributed by atoms with Gasteiger partial charge in [-0.25, -0.2) is 4.98 Å². The number of anilines is 2. The molecule has 4 rings (SSSR count). The van der Waals surface area contributed by atoms with E-state index >= 15 is 0 Å². The number of nitrogens with zero attached hydrogens (tertiary/aromatic N) is 5. The molecule has 0 saturated heterocycles. The zero-order chi connectivity index (χ0) is 22.7. The van der Waals surface area contributed by atoms with Gasteiger partial charge in [-0.1, -0.05) is 17.7 Å². The molecule has 0 unspecified atom stereocenters. The van der Waals surface area contributed by atoms with Gasteiger partial charge in [-0.2, -0.15) is 10.4 Å². The van der Waals surface area contributed by atoms with Gasteiger partial charge in [0.1, 0.15) is 11.9 Å². The molecule has 32 heavy (non-hydrogen) atoms. The van der Waals surface area contributed by atoms with Crippen molar-refractivity contribution in [1.82, 2.24) is 14.8 Å². The first-order valence-electron chi connectivity index (χ1n) is 10.7. The lowest BCUT2D eigenvalue weighted by Crippen LogP contribution is -2.43. The molecule has 2 heterocycles. The van der Waals surface area contributed by atoms with Crippen molar-refractivity contribution in [3.05, 3.63) is 59.5 Å². The molecule has 7 nitrogen and oxygen atoms in total. The van der Waals surface area contributed by atoms with Gasteiger partial charge in [-0.3, -0.25) is 9.48 Å². The summed E-state index contributed by atoms with van der Waals surface area (Å²) in [6, 6.07) is 11.9. The number of nitriles is 1. The number of pyridine rings is 1. The minimum absolute atomic E-state index is 0.0142. The molecule has 2 aromatic heterocycles. The molecule has 1 aliphatic carbocycles. The number of hydrogen-bond acceptors (Lipinski definition) is 5. The van der Waals surface area contributed by atoms with Gasteiger partial charge in [0.2, 0.25) is 5.91 Å². The summed E-state index contributed by atoms with van der Waals surface area (Å²) in [6.07, 6.45) is 8.89. The lowest BCUT2D eigenvalue weighted by Gasteiger charge is -2.37. The van der Waals surface area contributed by atoms with E-state index < -0.39 is 0 Å². The van der Waals surface area contributed by atoms with Crippen molar-refractivity contribution in [2.45, 2.75) is 44.7 Å². The molecule has 1 aromatic carbocycles. The van der Waals surface area contributed by atoms with Crippen LogP contribution in [0.1, 0.15) is 38.2 Å². The number of halogens is 1. The topological polar surface area (TPSA) is 86.8 Å². The Morgan fingerprint density at radius 3 is 2.56 bits per heavy atom. The van der Waals surface area contributed by atoms with Crippen LogP contribution in [0.3, 0.4) is 0 Å². The number of nitrogens with one attached hydrogen (secondary N) is 1. The molecule has 0 aliphatic heterocycles. The van der Waals surface area contributed by atoms with Gasteiger partial charge >= 0.3 is 0 Å². The quantitative estimate of drug-likeness (QED) is 0.606. The summed E-state index contributed by atoms with van der Waals surface area (Å²) in [7, 11) is 1.87. The molecular weight excluding hydrogens is 424 g/mol. The van der Waals surface area contributed by atoms with Crippen molar-refractivity contribution in [3.8, 4) is 17.2 Å². The van der Waals surface area contributed by atoms with Gasteiger partial charge in [0.25, 0.3) is 0 Å². The maximum absolute atomic E-state index is 12.6. The number of amides is 1. The van der Waals surface area contributed by atoms with Gasteiger partial charge in [-0.05, 0) is 49.9 Å². The van der Waals surface area contributed by atoms with Crippen molar-refractivity contribution < 1.29 is 4.79 Å². The highest BCUT2D eigenvalue weighted by Crippen LogP contribution is 2.34. The predicted molar refractivity (Wildman–Crippen MR) is 125 cm³/mol. The second-order valence-electron chi connectivity index (χ2n) is 8.15. The zero-order valence-corrected chi connectivity index (χ0v) is 18.9. The van der Waals surface area contributed by atoms with Crippen LogP contribution in [-0.2, 0) is 11.8 Å². The van der Waals surface area contributed by atoms with Crippen molar-refractivity contribution in [2.24, 2.45) is 7.05 Å². The number of aromatic nitrogens is 3. The fourth-order valence-electron chi connectivity index (χ4n) is 4.33. The molecule has 0 radical (unpaired) electrons. The Morgan fingerprint density at radius 1 is 1.22 bits per heavy atom. The SMILES string of the molecule is CC(=O)N(c1ccc(-c2cnn(C)c2)c(Cl)c1)C1CCC(Nc2ccc(C#N)cn2)CC1. The molecule has 3 aromatic rings. The lowest BCUT2D eigenvalue weighted by molar-refractivity contribution is -0.117. The molecule has 8 heteroatoms. The summed E-state index contributed by atoms with van der Waals surface area (Å²) < 4.78 is 1.74. The standard InChI is InChI=1S/C24H25ClN6O/c1-16(32)31(21-8-9-22(23(25)11-21)18-14-28-30(2)15-18)20-6-4-19(5-7-20)29-24-10-3-17(12-26)13-27-24/h3,8-11,13-15,19-20H,4-7H2,1-2H3,(H,27,29). The van der Waals surface area contributed by atoms with E-state index in [1.54, 1.807) is 30.1 Å². The highest BCUT2D eigenvalue weighted by Gasteiger charge is 2.29. The molecule has 0 atom stereocenters. The first-order valence-corrected chi connectivity index (χ1v) is 11.0. The first-order chi connectivity index (χ1) is 15.4. The summed E-state index contributed by atoms with van der Waals surface area (Å²) in [6.45, 7) is 1.61. The molecule has 1 aliphatic rings. The van der Waals surface area contributed by atoms with Crippen LogP contribution in [-0.4, -0.2) is 32.8 Å². The average Bonchev–Trinajstić information content (AvgIpc) is 3.21. The van der Waals surface area contributed by atoms with Gasteiger partial charge in [0, 0.05) is 55.3 Å². The Balaban J connectivity index is 1.44. The molecular formula is C24H25ClN6O. The molecule has 1 saturated carbocycles. The van der Waals surface area contributed by atoms with E-state index in [-0.39, 0.29) is 18.0 Å². The number of rotatable bonds is 5. The number of carbonyl (C=O) groups excluding carboxylic acids is 1. The van der Waals surface area contributed by atoms with E-state index in [0.717, 1.165) is 48.3 Å². The highest BCUT2D eigenvalue weighted by molar-refractivity contribution is 6.33. The summed E-state index contributed by atoms with van der Waals surface area (Å²) in [5.74, 6) is 0.786. The summed E-state index contributed by atoms with van der Waals surface area (Å²) in [5.41, 5.74) is 3.21. The van der Waals surface area contributed by atoms with Gasteiger partial charge < -0.3 is 10.2 Å². The summed E-state index contributed by atoms with van der Waals surface area (Å²) in [4.78, 5) is 18.7. The van der Waals surface area contributed by atoms with E-state index in [0.29, 0.717) is 10.6 Å². The summed E-state index contributed by atoms with van der Waals surface area (Å²) in [5, 5.41) is 17.2. The number of carbonyl (C=O) groups is 1. The van der Waals surface area contributed by atoms with Crippen LogP contribution in [0.15, 0.2) is 48.9 Å². The van der Waals surface area contributed by atoms with Gasteiger partial charge in [0.05, 0.1) is 16.8 Å². The molecule has 1 N–H and O–H groups in total. The largest absolute Gasteiger partial charge is 0.367 e. The normalized spacial score (nSPS) is 18.1. The maximum Gasteiger partial charge on any atom is 0.224 e. The van der Waals surface area contributed by atoms with Crippen LogP contribution >= 0.6 is 11.6 Å². The fraction of sp³-hybridized carbons (Fsp3) is 0.333. The number of hydrogen-bond donors (Lipinski definition) is 1. The van der Waals surface area contributed by atoms with Crippen LogP contribution < -0.4 is 10.2 Å². The Bertz CT molecular complexity index is 1140. The third-order valence-electron chi connectivity index (χ3n) is 5.89. The van der Waals surface area contributed by atoms with E-state index in [9.17, 15) is 4.79 Å². The van der Waals surface area contributed by atoms with Crippen LogP contribution in [0.25, 0.3) is 11.1 Å². The third-order valence-corrected chi connectivity index (χ3v) is 6.21. The third kappa shape index (κ3) is 4.76. The Kier molecular flexibility index (Phi) is 6.42. The van der Waals surface area contributed by atoms with Gasteiger partial charge in [0.15, 0.2) is 0 Å². The van der Waals surface area contributed by atoms with Crippen molar-refractivity contribution in [3.63, 3.8) is 0 Å². The van der Waals surface area contributed by atoms with Crippen LogP contribution in [0.2, 0.25) is 5.02 Å². The Morgan fingerprint density at radius 2 is 2.00 bits per heavy atom. The second-order valence-corrected chi connectivity index (χ2v) is 8.56. The van der Waals surface area contributed by atoms with E-state index in [2.05, 4.69) is 21.5 Å². The predicted octanol–water partition coefficient (Wildman–Crippen LogP) is 4.78. The monoisotopic (exact) mass is 448 g/mol. The van der Waals surface area contributed by atoms with Crippen molar-refractivity contribution in [1.29, 1.82) is 5.26 Å². The first kappa shape index (κ1) is 21.8. The van der Waals surface area contributed by atoms with Crippen molar-refractivity contribution >= 4 is 29.0 Å². The maximum atomic E-state index is 12.6. The van der Waals surface area contributed by atoms with E-state index in [1.807, 2.05) is 42.4 Å². The van der Waals surface area contributed by atoms with E-state index in [1.165, 1.54) is 0 Å². The summed E-state index contributed by atoms with van der Waals surface area (Å²) >= 11 is 6.58. The fourth-order valence-corrected chi connectivity index (χ4v) is 4.61. The molecule has 0 bridgehead atoms.